The van der Waals surface area contributed by atoms with Crippen LogP contribution in [0.5, 0.6) is 0 Å². The summed E-state index contributed by atoms with van der Waals surface area (Å²) < 4.78 is 0. The number of nitrogens with zero attached hydrogens (tertiary/aromatic N) is 1. The SMILES string of the molecule is CC1=NC=C=C2CC2CCC1. The van der Waals surface area contributed by atoms with Gasteiger partial charge in [0.15, 0.2) is 0 Å². The number of fused-ring (bicyclic) bond motifs is 1. The number of hydrogen-bond donors (Lipinski definition) is 0. The Kier molecular flexibility index (Phi) is 1.67. The van der Waals surface area contributed by atoms with E-state index in [1.54, 1.807) is 0 Å². The molecule has 1 saturated carbocycles. The highest BCUT2D eigenvalue weighted by atomic mass is 14.7. The van der Waals surface area contributed by atoms with Crippen molar-refractivity contribution in [3.63, 3.8) is 0 Å². The smallest absolute Gasteiger partial charge is 0.0685 e. The van der Waals surface area contributed by atoms with E-state index in [-0.39, 0.29) is 0 Å². The highest BCUT2D eigenvalue weighted by molar-refractivity contribution is 5.82. The minimum absolute atomic E-state index is 0.868. The summed E-state index contributed by atoms with van der Waals surface area (Å²) in [4.78, 5) is 4.28. The summed E-state index contributed by atoms with van der Waals surface area (Å²) in [6.07, 6.45) is 6.95. The van der Waals surface area contributed by atoms with Crippen LogP contribution >= 0.6 is 0 Å². The zero-order valence-electron chi connectivity index (χ0n) is 6.93. The van der Waals surface area contributed by atoms with Crippen molar-refractivity contribution in [2.24, 2.45) is 10.9 Å². The van der Waals surface area contributed by atoms with Crippen molar-refractivity contribution in [3.05, 3.63) is 17.5 Å². The van der Waals surface area contributed by atoms with E-state index >= 15 is 0 Å². The number of allylic oxidation sites excluding steroid dienone is 1. The van der Waals surface area contributed by atoms with Gasteiger partial charge in [0.1, 0.15) is 0 Å². The Balaban J connectivity index is 2.19. The first-order chi connectivity index (χ1) is 5.36. The molecule has 1 aliphatic heterocycles. The molecule has 11 heavy (non-hydrogen) atoms. The predicted molar refractivity (Wildman–Crippen MR) is 46.7 cm³/mol. The molecule has 1 fully saturated rings. The van der Waals surface area contributed by atoms with E-state index in [1.165, 1.54) is 37.0 Å². The lowest BCUT2D eigenvalue weighted by Crippen LogP contribution is -1.90. The Morgan fingerprint density at radius 3 is 3.45 bits per heavy atom. The lowest BCUT2D eigenvalue weighted by Gasteiger charge is -1.96. The molecule has 0 spiro atoms. The van der Waals surface area contributed by atoms with Gasteiger partial charge < -0.3 is 0 Å². The average molecular weight is 147 g/mol. The third-order valence-electron chi connectivity index (χ3n) is 2.43. The number of rotatable bonds is 0. The quantitative estimate of drug-likeness (QED) is 0.467. The Hall–Kier alpha value is -0.810. The van der Waals surface area contributed by atoms with Crippen LogP contribution in [0.15, 0.2) is 22.5 Å². The minimum Gasteiger partial charge on any atom is -0.258 e. The van der Waals surface area contributed by atoms with Crippen molar-refractivity contribution in [1.82, 2.24) is 0 Å². The molecule has 1 heteroatoms. The Morgan fingerprint density at radius 2 is 2.55 bits per heavy atom. The monoisotopic (exact) mass is 147 g/mol. The molecule has 0 amide bonds. The molecular weight excluding hydrogens is 134 g/mol. The van der Waals surface area contributed by atoms with Gasteiger partial charge in [0, 0.05) is 5.71 Å². The minimum atomic E-state index is 0.868. The summed E-state index contributed by atoms with van der Waals surface area (Å²) in [6, 6.07) is 0. The van der Waals surface area contributed by atoms with Crippen molar-refractivity contribution < 1.29 is 0 Å². The Labute approximate surface area is 67.5 Å². The van der Waals surface area contributed by atoms with Crippen LogP contribution in [0.25, 0.3) is 0 Å². The van der Waals surface area contributed by atoms with Gasteiger partial charge in [-0.3, -0.25) is 4.99 Å². The summed E-state index contributed by atoms with van der Waals surface area (Å²) in [6.45, 7) is 2.10. The molecule has 1 aliphatic carbocycles. The number of hydrogen-bond acceptors (Lipinski definition) is 1. The summed E-state index contributed by atoms with van der Waals surface area (Å²) in [5.41, 5.74) is 5.97. The van der Waals surface area contributed by atoms with Crippen molar-refractivity contribution in [3.8, 4) is 0 Å². The van der Waals surface area contributed by atoms with Crippen molar-refractivity contribution in [2.75, 3.05) is 0 Å². The van der Waals surface area contributed by atoms with E-state index in [4.69, 9.17) is 0 Å². The van der Waals surface area contributed by atoms with Crippen molar-refractivity contribution in [2.45, 2.75) is 32.6 Å². The van der Waals surface area contributed by atoms with Crippen LogP contribution in [-0.2, 0) is 0 Å². The van der Waals surface area contributed by atoms with E-state index < -0.39 is 0 Å². The summed E-state index contributed by atoms with van der Waals surface area (Å²) in [5.74, 6) is 0.868. The molecule has 0 aromatic heterocycles. The normalized spacial score (nSPS) is 29.0. The second-order valence-electron chi connectivity index (χ2n) is 3.46. The zero-order valence-corrected chi connectivity index (χ0v) is 6.93. The first kappa shape index (κ1) is 6.87. The molecule has 0 bridgehead atoms. The third kappa shape index (κ3) is 1.61. The second-order valence-corrected chi connectivity index (χ2v) is 3.46. The van der Waals surface area contributed by atoms with Crippen molar-refractivity contribution in [1.29, 1.82) is 0 Å². The van der Waals surface area contributed by atoms with Crippen LogP contribution in [0.3, 0.4) is 0 Å². The molecule has 2 rings (SSSR count). The van der Waals surface area contributed by atoms with E-state index in [9.17, 15) is 0 Å². The largest absolute Gasteiger partial charge is 0.258 e. The van der Waals surface area contributed by atoms with Gasteiger partial charge in [-0.25, -0.2) is 0 Å². The van der Waals surface area contributed by atoms with Gasteiger partial charge in [0.25, 0.3) is 0 Å². The summed E-state index contributed by atoms with van der Waals surface area (Å²) in [7, 11) is 0. The molecule has 0 aromatic rings. The Bertz CT molecular complexity index is 254. The van der Waals surface area contributed by atoms with Crippen LogP contribution < -0.4 is 0 Å². The molecule has 0 N–H and O–H groups in total. The maximum absolute atomic E-state index is 4.28. The highest BCUT2D eigenvalue weighted by Gasteiger charge is 2.28. The molecule has 2 aliphatic rings. The maximum atomic E-state index is 4.28. The van der Waals surface area contributed by atoms with Crippen molar-refractivity contribution >= 4 is 5.71 Å². The molecular formula is C10H13N. The van der Waals surface area contributed by atoms with Gasteiger partial charge >= 0.3 is 0 Å². The summed E-state index contributed by atoms with van der Waals surface area (Å²) >= 11 is 0. The maximum Gasteiger partial charge on any atom is 0.0685 e. The van der Waals surface area contributed by atoms with Crippen LogP contribution in [0.1, 0.15) is 32.6 Å². The van der Waals surface area contributed by atoms with Gasteiger partial charge in [-0.15, -0.1) is 5.73 Å². The first-order valence-electron chi connectivity index (χ1n) is 4.33. The van der Waals surface area contributed by atoms with Gasteiger partial charge in [-0.05, 0) is 44.1 Å². The topological polar surface area (TPSA) is 12.4 Å². The lowest BCUT2D eigenvalue weighted by atomic mass is 10.1. The van der Waals surface area contributed by atoms with Crippen LogP contribution in [-0.4, -0.2) is 5.71 Å². The van der Waals surface area contributed by atoms with Gasteiger partial charge in [0.05, 0.1) is 6.20 Å². The van der Waals surface area contributed by atoms with Gasteiger partial charge in [0.2, 0.25) is 0 Å². The average Bonchev–Trinajstić information content (AvgIpc) is 2.67. The third-order valence-corrected chi connectivity index (χ3v) is 2.43. The molecule has 0 saturated heterocycles. The van der Waals surface area contributed by atoms with E-state index in [1.807, 2.05) is 6.20 Å². The predicted octanol–water partition coefficient (Wildman–Crippen LogP) is 2.69. The standard InChI is InChI=1S/C10H13N/c1-8-3-2-4-9-7-10(9)5-6-11-8/h6,9H,2-4,7H2,1H3. The van der Waals surface area contributed by atoms with Gasteiger partial charge in [-0.2, -0.15) is 0 Å². The molecule has 0 radical (unpaired) electrons. The second kappa shape index (κ2) is 2.67. The number of aliphatic imine (C=N–C) groups is 1. The molecule has 58 valence electrons. The molecule has 0 aromatic carbocycles. The molecule has 1 atom stereocenters. The fraction of sp³-hybridized carbons (Fsp3) is 0.600. The highest BCUT2D eigenvalue weighted by Crippen LogP contribution is 2.40. The molecule has 1 nitrogen and oxygen atoms in total. The van der Waals surface area contributed by atoms with E-state index in [0.29, 0.717) is 0 Å². The first-order valence-corrected chi connectivity index (χ1v) is 4.33. The van der Waals surface area contributed by atoms with Crippen LogP contribution in [0.4, 0.5) is 0 Å². The van der Waals surface area contributed by atoms with E-state index in [0.717, 1.165) is 5.92 Å². The lowest BCUT2D eigenvalue weighted by molar-refractivity contribution is 0.702. The molecule has 1 unspecified atom stereocenters. The molecule has 1 heterocycles. The van der Waals surface area contributed by atoms with Crippen LogP contribution in [0.2, 0.25) is 0 Å². The fourth-order valence-electron chi connectivity index (χ4n) is 1.55. The Morgan fingerprint density at radius 1 is 1.64 bits per heavy atom. The fourth-order valence-corrected chi connectivity index (χ4v) is 1.55. The van der Waals surface area contributed by atoms with E-state index in [2.05, 4.69) is 17.6 Å². The van der Waals surface area contributed by atoms with Gasteiger partial charge in [-0.1, -0.05) is 0 Å². The zero-order chi connectivity index (χ0) is 7.68. The summed E-state index contributed by atoms with van der Waals surface area (Å²) in [5, 5.41) is 0. The van der Waals surface area contributed by atoms with Crippen LogP contribution in [0, 0.1) is 5.92 Å².